The van der Waals surface area contributed by atoms with Gasteiger partial charge in [-0.3, -0.25) is 0 Å². The molecule has 1 aliphatic heterocycles. The second-order valence-corrected chi connectivity index (χ2v) is 6.38. The molecule has 1 heterocycles. The molecule has 0 atom stereocenters. The second-order valence-electron chi connectivity index (χ2n) is 5.09. The fourth-order valence-electron chi connectivity index (χ4n) is 2.38. The second kappa shape index (κ2) is 7.42. The lowest BCUT2D eigenvalue weighted by Gasteiger charge is -2.21. The van der Waals surface area contributed by atoms with Gasteiger partial charge in [0.15, 0.2) is 6.79 Å². The van der Waals surface area contributed by atoms with E-state index in [-0.39, 0.29) is 13.4 Å². The summed E-state index contributed by atoms with van der Waals surface area (Å²) in [5, 5.41) is 0.543. The fourth-order valence-corrected chi connectivity index (χ4v) is 3.19. The molecule has 7 heteroatoms. The zero-order valence-electron chi connectivity index (χ0n) is 12.8. The van der Waals surface area contributed by atoms with Crippen molar-refractivity contribution in [2.45, 2.75) is 13.2 Å². The van der Waals surface area contributed by atoms with Gasteiger partial charge in [-0.05, 0) is 46.3 Å². The average Bonchev–Trinajstić information content (AvgIpc) is 2.59. The van der Waals surface area contributed by atoms with Gasteiger partial charge in [0.05, 0.1) is 23.8 Å². The van der Waals surface area contributed by atoms with Gasteiger partial charge in [-0.25, -0.2) is 4.79 Å². The summed E-state index contributed by atoms with van der Waals surface area (Å²) in [7, 11) is 1.56. The maximum Gasteiger partial charge on any atom is 0.338 e. The Balaban J connectivity index is 1.75. The highest BCUT2D eigenvalue weighted by atomic mass is 79.9. The van der Waals surface area contributed by atoms with Gasteiger partial charge in [0.25, 0.3) is 0 Å². The molecule has 0 unspecified atom stereocenters. The van der Waals surface area contributed by atoms with Crippen LogP contribution in [0.5, 0.6) is 11.5 Å². The number of methoxy groups -OCH3 is 1. The van der Waals surface area contributed by atoms with E-state index < -0.39 is 5.97 Å². The topological polar surface area (TPSA) is 54.0 Å². The summed E-state index contributed by atoms with van der Waals surface area (Å²) in [6.45, 7) is 0.647. The molecule has 0 amide bonds. The van der Waals surface area contributed by atoms with Crippen LogP contribution in [0, 0.1) is 0 Å². The summed E-state index contributed by atoms with van der Waals surface area (Å²) >= 11 is 9.44. The lowest BCUT2D eigenvalue weighted by atomic mass is 10.1. The summed E-state index contributed by atoms with van der Waals surface area (Å²) < 4.78 is 21.9. The molecule has 3 rings (SSSR count). The van der Waals surface area contributed by atoms with Crippen molar-refractivity contribution in [1.29, 1.82) is 0 Å². The van der Waals surface area contributed by atoms with Crippen LogP contribution in [0.2, 0.25) is 5.02 Å². The molecule has 126 valence electrons. The van der Waals surface area contributed by atoms with Crippen molar-refractivity contribution in [3.05, 3.63) is 56.5 Å². The Morgan fingerprint density at radius 2 is 2.17 bits per heavy atom. The average molecular weight is 414 g/mol. The van der Waals surface area contributed by atoms with Crippen molar-refractivity contribution >= 4 is 33.5 Å². The van der Waals surface area contributed by atoms with Crippen molar-refractivity contribution < 1.29 is 23.7 Å². The highest BCUT2D eigenvalue weighted by molar-refractivity contribution is 9.10. The van der Waals surface area contributed by atoms with E-state index in [0.29, 0.717) is 38.7 Å². The van der Waals surface area contributed by atoms with Crippen LogP contribution in [0.15, 0.2) is 34.8 Å². The summed E-state index contributed by atoms with van der Waals surface area (Å²) in [4.78, 5) is 12.2. The van der Waals surface area contributed by atoms with Crippen molar-refractivity contribution in [3.8, 4) is 11.5 Å². The number of esters is 1. The Kier molecular flexibility index (Phi) is 5.28. The Bertz CT molecular complexity index is 778. The predicted octanol–water partition coefficient (Wildman–Crippen LogP) is 4.33. The van der Waals surface area contributed by atoms with Crippen LogP contribution in [0.25, 0.3) is 0 Å². The van der Waals surface area contributed by atoms with Crippen molar-refractivity contribution in [2.75, 3.05) is 13.9 Å². The Morgan fingerprint density at radius 1 is 1.33 bits per heavy atom. The van der Waals surface area contributed by atoms with Gasteiger partial charge in [-0.2, -0.15) is 0 Å². The first kappa shape index (κ1) is 17.1. The number of hydrogen-bond acceptors (Lipinski definition) is 5. The lowest BCUT2D eigenvalue weighted by Crippen LogP contribution is -2.14. The van der Waals surface area contributed by atoms with E-state index in [2.05, 4.69) is 15.9 Å². The lowest BCUT2D eigenvalue weighted by molar-refractivity contribution is -0.0180. The predicted molar refractivity (Wildman–Crippen MR) is 91.5 cm³/mol. The Labute approximate surface area is 152 Å². The van der Waals surface area contributed by atoms with Crippen LogP contribution in [-0.4, -0.2) is 19.9 Å². The number of rotatable bonds is 4. The minimum Gasteiger partial charge on any atom is -0.496 e. The van der Waals surface area contributed by atoms with Crippen LogP contribution in [0.4, 0.5) is 0 Å². The fraction of sp³-hybridized carbons (Fsp3) is 0.235. The molecule has 0 fully saturated rings. The zero-order chi connectivity index (χ0) is 17.1. The van der Waals surface area contributed by atoms with Gasteiger partial charge in [-0.15, -0.1) is 0 Å². The molecule has 2 aromatic rings. The summed E-state index contributed by atoms with van der Waals surface area (Å²) in [6, 6.07) is 8.50. The molecular weight excluding hydrogens is 400 g/mol. The third-order valence-electron chi connectivity index (χ3n) is 3.50. The summed E-state index contributed by atoms with van der Waals surface area (Å²) in [6.07, 6.45) is 0. The van der Waals surface area contributed by atoms with Gasteiger partial charge in [0.1, 0.15) is 18.1 Å². The standard InChI is InChI=1S/C17H14BrClO5/c1-21-15-3-2-10(6-14(15)18)17(20)23-8-12-5-13(19)4-11-7-22-9-24-16(11)12/h2-6H,7-9H2,1H3. The number of halogens is 2. The van der Waals surface area contributed by atoms with Crippen molar-refractivity contribution in [1.82, 2.24) is 0 Å². The molecule has 0 aliphatic carbocycles. The quantitative estimate of drug-likeness (QED) is 0.698. The summed E-state index contributed by atoms with van der Waals surface area (Å²) in [5.41, 5.74) is 1.97. The number of fused-ring (bicyclic) bond motifs is 1. The number of hydrogen-bond donors (Lipinski definition) is 0. The number of benzene rings is 2. The number of carbonyl (C=O) groups is 1. The van der Waals surface area contributed by atoms with Gasteiger partial charge in [0.2, 0.25) is 0 Å². The van der Waals surface area contributed by atoms with E-state index in [9.17, 15) is 4.79 Å². The van der Waals surface area contributed by atoms with Crippen molar-refractivity contribution in [3.63, 3.8) is 0 Å². The number of ether oxygens (including phenoxy) is 4. The monoisotopic (exact) mass is 412 g/mol. The molecule has 1 aliphatic rings. The maximum absolute atomic E-state index is 12.2. The Morgan fingerprint density at radius 3 is 2.92 bits per heavy atom. The minimum absolute atomic E-state index is 0.0609. The van der Waals surface area contributed by atoms with Crippen LogP contribution in [0.3, 0.4) is 0 Å². The molecule has 0 N–H and O–H groups in total. The van der Waals surface area contributed by atoms with E-state index in [1.807, 2.05) is 0 Å². The third-order valence-corrected chi connectivity index (χ3v) is 4.34. The van der Waals surface area contributed by atoms with Gasteiger partial charge in [-0.1, -0.05) is 11.6 Å². The summed E-state index contributed by atoms with van der Waals surface area (Å²) in [5.74, 6) is 0.859. The van der Waals surface area contributed by atoms with Crippen LogP contribution in [-0.2, 0) is 22.7 Å². The van der Waals surface area contributed by atoms with Crippen LogP contribution >= 0.6 is 27.5 Å². The van der Waals surface area contributed by atoms with Crippen LogP contribution in [0.1, 0.15) is 21.5 Å². The highest BCUT2D eigenvalue weighted by Crippen LogP contribution is 2.32. The molecule has 0 spiro atoms. The first-order chi connectivity index (χ1) is 11.6. The molecule has 5 nitrogen and oxygen atoms in total. The third kappa shape index (κ3) is 3.66. The molecule has 0 bridgehead atoms. The van der Waals surface area contributed by atoms with Gasteiger partial charge >= 0.3 is 5.97 Å². The van der Waals surface area contributed by atoms with Gasteiger partial charge < -0.3 is 18.9 Å². The van der Waals surface area contributed by atoms with Crippen molar-refractivity contribution in [2.24, 2.45) is 0 Å². The molecule has 0 saturated heterocycles. The van der Waals surface area contributed by atoms with E-state index >= 15 is 0 Å². The Hall–Kier alpha value is -1.76. The first-order valence-corrected chi connectivity index (χ1v) is 8.28. The molecule has 24 heavy (non-hydrogen) atoms. The molecular formula is C17H14BrClO5. The minimum atomic E-state index is -0.445. The van der Waals surface area contributed by atoms with E-state index in [1.54, 1.807) is 37.4 Å². The zero-order valence-corrected chi connectivity index (χ0v) is 15.1. The molecule has 0 radical (unpaired) electrons. The van der Waals surface area contributed by atoms with E-state index in [4.69, 9.17) is 30.5 Å². The molecule has 2 aromatic carbocycles. The molecule has 0 saturated carbocycles. The smallest absolute Gasteiger partial charge is 0.338 e. The highest BCUT2D eigenvalue weighted by Gasteiger charge is 2.18. The van der Waals surface area contributed by atoms with Gasteiger partial charge in [0, 0.05) is 16.1 Å². The van der Waals surface area contributed by atoms with E-state index in [1.165, 1.54) is 0 Å². The molecule has 0 aromatic heterocycles. The van der Waals surface area contributed by atoms with E-state index in [0.717, 1.165) is 5.56 Å². The number of carbonyl (C=O) groups excluding carboxylic acids is 1. The largest absolute Gasteiger partial charge is 0.496 e. The first-order valence-electron chi connectivity index (χ1n) is 7.11. The SMILES string of the molecule is COc1ccc(C(=O)OCc2cc(Cl)cc3c2OCOC3)cc1Br. The normalized spacial score (nSPS) is 13.0. The van der Waals surface area contributed by atoms with Crippen LogP contribution < -0.4 is 9.47 Å². The maximum atomic E-state index is 12.2.